The van der Waals surface area contributed by atoms with Gasteiger partial charge < -0.3 is 20.1 Å². The van der Waals surface area contributed by atoms with Crippen molar-refractivity contribution in [3.05, 3.63) is 18.2 Å². The van der Waals surface area contributed by atoms with Gasteiger partial charge in [0.15, 0.2) is 0 Å². The fourth-order valence-electron chi connectivity index (χ4n) is 2.30. The standard InChI is InChI=1S/C13H21N3O2/c1-13(2)9-16(7-10(8-17)18-13)12-6-4-5-11(14-3)15-12/h4-6,10,17H,7-9H2,1-3H3,(H,14,15). The van der Waals surface area contributed by atoms with E-state index in [2.05, 4.69) is 15.2 Å². The fourth-order valence-corrected chi connectivity index (χ4v) is 2.30. The maximum Gasteiger partial charge on any atom is 0.131 e. The molecule has 0 spiro atoms. The van der Waals surface area contributed by atoms with Crippen molar-refractivity contribution in [2.24, 2.45) is 0 Å². The molecule has 0 bridgehead atoms. The molecule has 1 aromatic heterocycles. The van der Waals surface area contributed by atoms with Gasteiger partial charge in [-0.25, -0.2) is 4.98 Å². The van der Waals surface area contributed by atoms with E-state index in [-0.39, 0.29) is 18.3 Å². The number of aliphatic hydroxyl groups excluding tert-OH is 1. The Morgan fingerprint density at radius 1 is 1.56 bits per heavy atom. The van der Waals surface area contributed by atoms with Crippen LogP contribution in [0.5, 0.6) is 0 Å². The van der Waals surface area contributed by atoms with Crippen LogP contribution in [-0.2, 0) is 4.74 Å². The Morgan fingerprint density at radius 2 is 2.33 bits per heavy atom. The van der Waals surface area contributed by atoms with E-state index in [1.54, 1.807) is 0 Å². The van der Waals surface area contributed by atoms with Gasteiger partial charge in [-0.3, -0.25) is 0 Å². The number of morpholine rings is 1. The Kier molecular flexibility index (Phi) is 3.73. The predicted octanol–water partition coefficient (Wildman–Crippen LogP) is 1.10. The van der Waals surface area contributed by atoms with Crippen molar-refractivity contribution in [3.8, 4) is 0 Å². The highest BCUT2D eigenvalue weighted by Gasteiger charge is 2.33. The molecule has 2 heterocycles. The van der Waals surface area contributed by atoms with Crippen LogP contribution in [0.15, 0.2) is 18.2 Å². The number of ether oxygens (including phenoxy) is 1. The van der Waals surface area contributed by atoms with Crippen LogP contribution < -0.4 is 10.2 Å². The minimum absolute atomic E-state index is 0.0334. The summed E-state index contributed by atoms with van der Waals surface area (Å²) >= 11 is 0. The Bertz CT molecular complexity index is 409. The Morgan fingerprint density at radius 3 is 3.00 bits per heavy atom. The third kappa shape index (κ3) is 2.91. The van der Waals surface area contributed by atoms with E-state index in [0.29, 0.717) is 6.54 Å². The molecule has 1 aromatic rings. The van der Waals surface area contributed by atoms with Gasteiger partial charge in [0, 0.05) is 20.1 Å². The predicted molar refractivity (Wildman–Crippen MR) is 72.0 cm³/mol. The van der Waals surface area contributed by atoms with Gasteiger partial charge in [0.2, 0.25) is 0 Å². The molecule has 1 saturated heterocycles. The van der Waals surface area contributed by atoms with Crippen LogP contribution in [0.25, 0.3) is 0 Å². The molecule has 0 saturated carbocycles. The van der Waals surface area contributed by atoms with Crippen molar-refractivity contribution >= 4 is 11.6 Å². The molecule has 1 atom stereocenters. The van der Waals surface area contributed by atoms with Crippen molar-refractivity contribution in [2.75, 3.05) is 37.0 Å². The van der Waals surface area contributed by atoms with E-state index in [4.69, 9.17) is 4.74 Å². The van der Waals surface area contributed by atoms with Gasteiger partial charge in [-0.15, -0.1) is 0 Å². The SMILES string of the molecule is CNc1cccc(N2CC(CO)OC(C)(C)C2)n1. The topological polar surface area (TPSA) is 57.6 Å². The molecule has 1 unspecified atom stereocenters. The first-order valence-corrected chi connectivity index (χ1v) is 6.22. The lowest BCUT2D eigenvalue weighted by Crippen LogP contribution is -2.54. The number of nitrogens with one attached hydrogen (secondary N) is 1. The first-order valence-electron chi connectivity index (χ1n) is 6.22. The van der Waals surface area contributed by atoms with Crippen molar-refractivity contribution < 1.29 is 9.84 Å². The second kappa shape index (κ2) is 5.12. The van der Waals surface area contributed by atoms with Crippen LogP contribution in [0.1, 0.15) is 13.8 Å². The molecule has 0 aliphatic carbocycles. The molecule has 2 N–H and O–H groups in total. The summed E-state index contributed by atoms with van der Waals surface area (Å²) in [4.78, 5) is 6.68. The van der Waals surface area contributed by atoms with Crippen LogP contribution in [0.3, 0.4) is 0 Å². The highest BCUT2D eigenvalue weighted by atomic mass is 16.5. The molecule has 1 aliphatic rings. The van der Waals surface area contributed by atoms with Crippen molar-refractivity contribution in [2.45, 2.75) is 25.6 Å². The summed E-state index contributed by atoms with van der Waals surface area (Å²) in [7, 11) is 1.85. The Labute approximate surface area is 108 Å². The van der Waals surface area contributed by atoms with E-state index < -0.39 is 0 Å². The molecule has 0 amide bonds. The van der Waals surface area contributed by atoms with Gasteiger partial charge in [-0.2, -0.15) is 0 Å². The zero-order chi connectivity index (χ0) is 13.2. The van der Waals surface area contributed by atoms with E-state index >= 15 is 0 Å². The molecule has 1 fully saturated rings. The molecule has 100 valence electrons. The highest BCUT2D eigenvalue weighted by molar-refractivity contribution is 5.47. The maximum atomic E-state index is 9.30. The number of hydrogen-bond donors (Lipinski definition) is 2. The molecule has 1 aliphatic heterocycles. The largest absolute Gasteiger partial charge is 0.394 e. The van der Waals surface area contributed by atoms with Crippen LogP contribution in [0, 0.1) is 0 Å². The van der Waals surface area contributed by atoms with E-state index in [0.717, 1.165) is 18.2 Å². The highest BCUT2D eigenvalue weighted by Crippen LogP contribution is 2.25. The number of anilines is 2. The number of hydrogen-bond acceptors (Lipinski definition) is 5. The number of aromatic nitrogens is 1. The van der Waals surface area contributed by atoms with E-state index in [1.165, 1.54) is 0 Å². The fraction of sp³-hybridized carbons (Fsp3) is 0.615. The first kappa shape index (κ1) is 13.1. The van der Waals surface area contributed by atoms with Crippen molar-refractivity contribution in [1.29, 1.82) is 0 Å². The number of aliphatic hydroxyl groups is 1. The molecule has 0 radical (unpaired) electrons. The summed E-state index contributed by atoms with van der Waals surface area (Å²) < 4.78 is 5.80. The van der Waals surface area contributed by atoms with Crippen molar-refractivity contribution in [3.63, 3.8) is 0 Å². The van der Waals surface area contributed by atoms with Gasteiger partial charge in [0.05, 0.1) is 18.3 Å². The van der Waals surface area contributed by atoms with Crippen LogP contribution in [-0.4, -0.2) is 48.5 Å². The van der Waals surface area contributed by atoms with Gasteiger partial charge in [0.25, 0.3) is 0 Å². The second-order valence-corrected chi connectivity index (χ2v) is 5.19. The lowest BCUT2D eigenvalue weighted by molar-refractivity contribution is -0.101. The van der Waals surface area contributed by atoms with Crippen LogP contribution >= 0.6 is 0 Å². The summed E-state index contributed by atoms with van der Waals surface area (Å²) in [6.45, 7) is 5.53. The van der Waals surface area contributed by atoms with Crippen LogP contribution in [0.4, 0.5) is 11.6 Å². The van der Waals surface area contributed by atoms with E-state index in [1.807, 2.05) is 39.1 Å². The Hall–Kier alpha value is -1.33. The monoisotopic (exact) mass is 251 g/mol. The van der Waals surface area contributed by atoms with Crippen LogP contribution in [0.2, 0.25) is 0 Å². The van der Waals surface area contributed by atoms with Gasteiger partial charge in [-0.1, -0.05) is 6.07 Å². The third-order valence-corrected chi connectivity index (χ3v) is 3.00. The smallest absolute Gasteiger partial charge is 0.131 e. The van der Waals surface area contributed by atoms with Gasteiger partial charge in [0.1, 0.15) is 11.6 Å². The molecule has 5 heteroatoms. The summed E-state index contributed by atoms with van der Waals surface area (Å²) in [5.41, 5.74) is -0.275. The Balaban J connectivity index is 2.20. The molecule has 18 heavy (non-hydrogen) atoms. The third-order valence-electron chi connectivity index (χ3n) is 3.00. The first-order chi connectivity index (χ1) is 8.54. The maximum absolute atomic E-state index is 9.30. The summed E-state index contributed by atoms with van der Waals surface area (Å²) in [6.07, 6.45) is -0.159. The molecule has 2 rings (SSSR count). The summed E-state index contributed by atoms with van der Waals surface area (Å²) in [5, 5.41) is 12.3. The number of rotatable bonds is 3. The zero-order valence-electron chi connectivity index (χ0n) is 11.2. The number of nitrogens with zero attached hydrogens (tertiary/aromatic N) is 2. The molecule has 0 aromatic carbocycles. The lowest BCUT2D eigenvalue weighted by Gasteiger charge is -2.42. The van der Waals surface area contributed by atoms with Gasteiger partial charge >= 0.3 is 0 Å². The lowest BCUT2D eigenvalue weighted by atomic mass is 10.1. The molecular weight excluding hydrogens is 230 g/mol. The normalized spacial score (nSPS) is 22.9. The van der Waals surface area contributed by atoms with Gasteiger partial charge in [-0.05, 0) is 26.0 Å². The average molecular weight is 251 g/mol. The average Bonchev–Trinajstić information content (AvgIpc) is 2.37. The van der Waals surface area contributed by atoms with E-state index in [9.17, 15) is 5.11 Å². The molecule has 5 nitrogen and oxygen atoms in total. The summed E-state index contributed by atoms with van der Waals surface area (Å²) in [5.74, 6) is 1.76. The number of pyridine rings is 1. The second-order valence-electron chi connectivity index (χ2n) is 5.19. The zero-order valence-corrected chi connectivity index (χ0v) is 11.2. The van der Waals surface area contributed by atoms with Crippen molar-refractivity contribution in [1.82, 2.24) is 4.98 Å². The molecular formula is C13H21N3O2. The minimum atomic E-state index is -0.275. The minimum Gasteiger partial charge on any atom is -0.394 e. The quantitative estimate of drug-likeness (QED) is 0.842. The summed E-state index contributed by atoms with van der Waals surface area (Å²) in [6, 6.07) is 5.89.